The predicted octanol–water partition coefficient (Wildman–Crippen LogP) is 9.61. The van der Waals surface area contributed by atoms with Gasteiger partial charge in [-0.25, -0.2) is 24.9 Å². The lowest BCUT2D eigenvalue weighted by Gasteiger charge is -2.10. The van der Waals surface area contributed by atoms with Crippen molar-refractivity contribution in [1.82, 2.24) is 24.9 Å². The molecule has 3 heterocycles. The van der Waals surface area contributed by atoms with Gasteiger partial charge in [-0.3, -0.25) is 0 Å². The van der Waals surface area contributed by atoms with Gasteiger partial charge in [0, 0.05) is 29.5 Å². The summed E-state index contributed by atoms with van der Waals surface area (Å²) in [5.41, 5.74) is 10.3. The van der Waals surface area contributed by atoms with E-state index in [1.54, 1.807) is 0 Å². The first-order valence-electron chi connectivity index (χ1n) is 15.5. The summed E-state index contributed by atoms with van der Waals surface area (Å²) < 4.78 is 11.8. The van der Waals surface area contributed by atoms with Crippen molar-refractivity contribution in [3.63, 3.8) is 0 Å². The van der Waals surface area contributed by atoms with Gasteiger partial charge < -0.3 is 8.83 Å². The topological polar surface area (TPSA) is 90.7 Å². The molecule has 0 unspecified atom stereocenters. The maximum absolute atomic E-state index is 5.89. The van der Waals surface area contributed by atoms with E-state index in [2.05, 4.69) is 70.6 Å². The smallest absolute Gasteiger partial charge is 0.195 e. The van der Waals surface area contributed by atoms with Crippen molar-refractivity contribution in [2.45, 2.75) is 26.7 Å². The molecular formula is C39H29N5O2. The van der Waals surface area contributed by atoms with E-state index in [0.717, 1.165) is 85.8 Å². The summed E-state index contributed by atoms with van der Waals surface area (Å²) in [6, 6.07) is 38.8. The molecule has 0 aliphatic heterocycles. The summed E-state index contributed by atoms with van der Waals surface area (Å²) in [5, 5.41) is 0. The molecule has 0 amide bonds. The zero-order valence-electron chi connectivity index (χ0n) is 25.4. The fourth-order valence-corrected chi connectivity index (χ4v) is 5.58. The lowest BCUT2D eigenvalue weighted by Crippen LogP contribution is -2.00. The summed E-state index contributed by atoms with van der Waals surface area (Å²) in [5.74, 6) is 3.34. The molecule has 0 atom stereocenters. The summed E-state index contributed by atoms with van der Waals surface area (Å²) in [7, 11) is 0. The highest BCUT2D eigenvalue weighted by Gasteiger charge is 2.14. The molecule has 46 heavy (non-hydrogen) atoms. The van der Waals surface area contributed by atoms with Gasteiger partial charge in [0.05, 0.1) is 0 Å². The Morgan fingerprint density at radius 2 is 0.761 bits per heavy atom. The molecule has 222 valence electrons. The monoisotopic (exact) mass is 599 g/mol. The molecule has 7 nitrogen and oxygen atoms in total. The molecule has 0 bridgehead atoms. The van der Waals surface area contributed by atoms with Gasteiger partial charge >= 0.3 is 0 Å². The highest BCUT2D eigenvalue weighted by atomic mass is 16.4. The van der Waals surface area contributed by atoms with Gasteiger partial charge in [0.25, 0.3) is 0 Å². The molecule has 0 spiro atoms. The molecule has 8 aromatic rings. The van der Waals surface area contributed by atoms with Gasteiger partial charge in [0.15, 0.2) is 40.4 Å². The number of hydrogen-bond acceptors (Lipinski definition) is 7. The van der Waals surface area contributed by atoms with Gasteiger partial charge in [0.2, 0.25) is 0 Å². The first kappa shape index (κ1) is 27.6. The Morgan fingerprint density at radius 1 is 0.391 bits per heavy atom. The van der Waals surface area contributed by atoms with E-state index in [1.165, 1.54) is 0 Å². The van der Waals surface area contributed by atoms with Crippen molar-refractivity contribution < 1.29 is 8.83 Å². The largest absolute Gasteiger partial charge is 0.441 e. The van der Waals surface area contributed by atoms with E-state index >= 15 is 0 Å². The average Bonchev–Trinajstić information content (AvgIpc) is 3.75. The van der Waals surface area contributed by atoms with E-state index in [4.69, 9.17) is 23.8 Å². The third kappa shape index (κ3) is 5.22. The van der Waals surface area contributed by atoms with Crippen molar-refractivity contribution in [3.8, 4) is 56.4 Å². The molecule has 7 heteroatoms. The third-order valence-corrected chi connectivity index (χ3v) is 8.09. The third-order valence-electron chi connectivity index (χ3n) is 8.09. The highest BCUT2D eigenvalue weighted by Crippen LogP contribution is 2.31. The van der Waals surface area contributed by atoms with Crippen LogP contribution in [0, 0.1) is 0 Å². The van der Waals surface area contributed by atoms with Gasteiger partial charge in [-0.1, -0.05) is 105 Å². The summed E-state index contributed by atoms with van der Waals surface area (Å²) in [4.78, 5) is 23.8. The van der Waals surface area contributed by atoms with Crippen LogP contribution in [-0.2, 0) is 12.8 Å². The van der Waals surface area contributed by atoms with Crippen LogP contribution in [0.5, 0.6) is 0 Å². The number of aryl methyl sites for hydroxylation is 2. The van der Waals surface area contributed by atoms with Crippen LogP contribution in [0.4, 0.5) is 0 Å². The first-order valence-corrected chi connectivity index (χ1v) is 15.5. The SMILES string of the molecule is CCc1nc2ccc(-c3ccc(-c4nc(-c5ccccc5)nc(-c5ccc(-c6ccc7nc(CC)oc7c6)cc5)n4)cc3)cc2o1. The quantitative estimate of drug-likeness (QED) is 0.180. The van der Waals surface area contributed by atoms with Crippen molar-refractivity contribution in [2.75, 3.05) is 0 Å². The molecule has 0 saturated carbocycles. The standard InChI is InChI=1S/C39H29N5O2/c1-3-35-40-31-20-18-29(22-33(31)45-35)24-10-14-27(15-11-24)38-42-37(26-8-6-5-7-9-26)43-39(44-38)28-16-12-25(13-17-28)30-19-21-32-34(23-30)46-36(4-2)41-32/h5-23H,3-4H2,1-2H3. The molecule has 0 aliphatic carbocycles. The maximum Gasteiger partial charge on any atom is 0.195 e. The Bertz CT molecular complexity index is 2180. The molecule has 0 radical (unpaired) electrons. The fraction of sp³-hybridized carbons (Fsp3) is 0.103. The molecule has 0 fully saturated rings. The lowest BCUT2D eigenvalue weighted by molar-refractivity contribution is 0.537. The summed E-state index contributed by atoms with van der Waals surface area (Å²) in [6.45, 7) is 4.08. The van der Waals surface area contributed by atoms with Crippen LogP contribution < -0.4 is 0 Å². The Morgan fingerprint density at radius 3 is 1.17 bits per heavy atom. The van der Waals surface area contributed by atoms with Crippen LogP contribution in [0.25, 0.3) is 78.6 Å². The Balaban J connectivity index is 1.14. The van der Waals surface area contributed by atoms with Crippen molar-refractivity contribution in [3.05, 3.63) is 127 Å². The van der Waals surface area contributed by atoms with E-state index in [0.29, 0.717) is 17.5 Å². The second kappa shape index (κ2) is 11.5. The zero-order valence-corrected chi connectivity index (χ0v) is 25.4. The fourth-order valence-electron chi connectivity index (χ4n) is 5.58. The highest BCUT2D eigenvalue weighted by molar-refractivity contribution is 5.82. The maximum atomic E-state index is 5.89. The van der Waals surface area contributed by atoms with Gasteiger partial charge in [-0.15, -0.1) is 0 Å². The second-order valence-corrected chi connectivity index (χ2v) is 11.1. The lowest BCUT2D eigenvalue weighted by atomic mass is 10.0. The Labute approximate surface area is 265 Å². The summed E-state index contributed by atoms with van der Waals surface area (Å²) in [6.07, 6.45) is 1.53. The minimum Gasteiger partial charge on any atom is -0.441 e. The number of nitrogens with zero attached hydrogens (tertiary/aromatic N) is 5. The zero-order chi connectivity index (χ0) is 31.0. The van der Waals surface area contributed by atoms with Gasteiger partial charge in [-0.05, 0) is 46.5 Å². The minimum atomic E-state index is 0.611. The molecule has 3 aromatic heterocycles. The van der Waals surface area contributed by atoms with Crippen molar-refractivity contribution in [2.24, 2.45) is 0 Å². The van der Waals surface area contributed by atoms with Gasteiger partial charge in [0.1, 0.15) is 11.0 Å². The number of oxazole rings is 2. The van der Waals surface area contributed by atoms with Crippen LogP contribution in [0.3, 0.4) is 0 Å². The molecule has 0 aliphatic rings. The normalized spacial score (nSPS) is 11.4. The van der Waals surface area contributed by atoms with Gasteiger partial charge in [-0.2, -0.15) is 0 Å². The Hall–Kier alpha value is -5.95. The number of fused-ring (bicyclic) bond motifs is 2. The second-order valence-electron chi connectivity index (χ2n) is 11.1. The Kier molecular flexibility index (Phi) is 6.91. The van der Waals surface area contributed by atoms with Crippen molar-refractivity contribution in [1.29, 1.82) is 0 Å². The molecule has 8 rings (SSSR count). The number of aromatic nitrogens is 5. The molecule has 0 N–H and O–H groups in total. The van der Waals surface area contributed by atoms with E-state index in [1.807, 2.05) is 68.4 Å². The number of benzene rings is 5. The van der Waals surface area contributed by atoms with Crippen LogP contribution >= 0.6 is 0 Å². The predicted molar refractivity (Wildman–Crippen MR) is 181 cm³/mol. The van der Waals surface area contributed by atoms with Crippen LogP contribution in [0.2, 0.25) is 0 Å². The van der Waals surface area contributed by atoms with Crippen LogP contribution in [-0.4, -0.2) is 24.9 Å². The van der Waals surface area contributed by atoms with Crippen LogP contribution in [0.1, 0.15) is 25.6 Å². The van der Waals surface area contributed by atoms with Crippen LogP contribution in [0.15, 0.2) is 124 Å². The summed E-state index contributed by atoms with van der Waals surface area (Å²) >= 11 is 0. The molecule has 0 saturated heterocycles. The van der Waals surface area contributed by atoms with E-state index < -0.39 is 0 Å². The minimum absolute atomic E-state index is 0.611. The van der Waals surface area contributed by atoms with E-state index in [9.17, 15) is 0 Å². The number of rotatable bonds is 7. The average molecular weight is 600 g/mol. The molecular weight excluding hydrogens is 570 g/mol. The first-order chi connectivity index (χ1) is 22.6. The van der Waals surface area contributed by atoms with Crippen molar-refractivity contribution >= 4 is 22.2 Å². The molecule has 5 aromatic carbocycles. The van der Waals surface area contributed by atoms with E-state index in [-0.39, 0.29) is 0 Å². The number of hydrogen-bond donors (Lipinski definition) is 0.